The molecule has 4 nitrogen and oxygen atoms in total. The largest absolute Gasteiger partial charge is 0.573 e. The smallest absolute Gasteiger partial charge is 0.406 e. The van der Waals surface area contributed by atoms with Crippen molar-refractivity contribution in [2.75, 3.05) is 7.11 Å². The summed E-state index contributed by atoms with van der Waals surface area (Å²) in [5.41, 5.74) is 3.34. The van der Waals surface area contributed by atoms with Gasteiger partial charge in [-0.25, -0.2) is 14.4 Å². The maximum Gasteiger partial charge on any atom is 0.573 e. The van der Waals surface area contributed by atoms with Gasteiger partial charge in [0, 0.05) is 36.9 Å². The first-order valence-electron chi connectivity index (χ1n) is 11.1. The number of hydrogen-bond acceptors (Lipinski definition) is 4. The van der Waals surface area contributed by atoms with Crippen LogP contribution < -0.4 is 4.74 Å². The van der Waals surface area contributed by atoms with E-state index in [-0.39, 0.29) is 11.6 Å². The second kappa shape index (κ2) is 10.8. The summed E-state index contributed by atoms with van der Waals surface area (Å²) in [7, 11) is 1.62. The average molecular weight is 484 g/mol. The maximum absolute atomic E-state index is 15.1. The van der Waals surface area contributed by atoms with E-state index in [1.165, 1.54) is 12.1 Å². The zero-order valence-corrected chi connectivity index (χ0v) is 19.1. The Bertz CT molecular complexity index is 1270. The number of hydrogen-bond donors (Lipinski definition) is 0. The van der Waals surface area contributed by atoms with Crippen LogP contribution in [-0.4, -0.2) is 23.4 Å². The van der Waals surface area contributed by atoms with Crippen LogP contribution in [-0.2, 0) is 37.0 Å². The van der Waals surface area contributed by atoms with Crippen LogP contribution in [0.4, 0.5) is 17.6 Å². The number of methoxy groups -OCH3 is 1. The lowest BCUT2D eigenvalue weighted by atomic mass is 9.98. The summed E-state index contributed by atoms with van der Waals surface area (Å²) in [6, 6.07) is 15.0. The molecule has 4 rings (SSSR count). The van der Waals surface area contributed by atoms with Gasteiger partial charge in [-0.1, -0.05) is 42.5 Å². The van der Waals surface area contributed by atoms with Crippen LogP contribution in [0, 0.1) is 5.82 Å². The molecule has 35 heavy (non-hydrogen) atoms. The fourth-order valence-electron chi connectivity index (χ4n) is 3.88. The van der Waals surface area contributed by atoms with E-state index in [1.54, 1.807) is 43.8 Å². The monoisotopic (exact) mass is 484 g/mol. The van der Waals surface area contributed by atoms with Crippen molar-refractivity contribution in [1.82, 2.24) is 9.97 Å². The molecule has 0 unspecified atom stereocenters. The molecule has 1 aromatic heterocycles. The number of fused-ring (bicyclic) bond motifs is 1. The van der Waals surface area contributed by atoms with Gasteiger partial charge in [0.15, 0.2) is 0 Å². The van der Waals surface area contributed by atoms with E-state index < -0.39 is 6.36 Å². The van der Waals surface area contributed by atoms with Crippen molar-refractivity contribution in [2.24, 2.45) is 0 Å². The molecular weight excluding hydrogens is 460 g/mol. The molecular formula is C27H24F4N2O2. The fraction of sp³-hybridized carbons (Fsp3) is 0.259. The molecule has 0 atom stereocenters. The van der Waals surface area contributed by atoms with Crippen molar-refractivity contribution in [3.63, 3.8) is 0 Å². The SMILES string of the molecule is COCc1cnc(CCc2ccc3c(F)c(CCc4ccc(OC(F)(F)F)cc4)ccc3c2)nc1. The number of rotatable bonds is 9. The van der Waals surface area contributed by atoms with Crippen LogP contribution in [0.25, 0.3) is 10.8 Å². The minimum atomic E-state index is -4.72. The minimum Gasteiger partial charge on any atom is -0.406 e. The number of nitrogens with zero attached hydrogens (tertiary/aromatic N) is 2. The molecule has 8 heteroatoms. The molecule has 182 valence electrons. The number of halogens is 4. The van der Waals surface area contributed by atoms with Gasteiger partial charge in [-0.05, 0) is 53.5 Å². The lowest BCUT2D eigenvalue weighted by Gasteiger charge is -2.10. The van der Waals surface area contributed by atoms with E-state index in [4.69, 9.17) is 4.74 Å². The Hall–Kier alpha value is -3.52. The molecule has 0 fully saturated rings. The summed E-state index contributed by atoms with van der Waals surface area (Å²) in [4.78, 5) is 8.72. The van der Waals surface area contributed by atoms with Crippen molar-refractivity contribution in [3.8, 4) is 5.75 Å². The topological polar surface area (TPSA) is 44.2 Å². The van der Waals surface area contributed by atoms with Crippen LogP contribution in [0.15, 0.2) is 67.0 Å². The first kappa shape index (κ1) is 24.6. The van der Waals surface area contributed by atoms with Gasteiger partial charge in [-0.2, -0.15) is 0 Å². The first-order chi connectivity index (χ1) is 16.8. The minimum absolute atomic E-state index is 0.274. The molecule has 0 radical (unpaired) electrons. The second-order valence-corrected chi connectivity index (χ2v) is 8.23. The molecule has 0 aliphatic carbocycles. The van der Waals surface area contributed by atoms with Crippen LogP contribution in [0.5, 0.6) is 5.75 Å². The molecule has 3 aromatic carbocycles. The standard InChI is InChI=1S/C27H24F4N2O2/c1-34-17-20-15-32-25(33-16-20)13-6-19-5-12-24-22(14-19)9-8-21(26(24)28)7-2-18-3-10-23(11-4-18)35-27(29,30)31/h3-5,8-12,14-16H,2,6-7,13,17H2,1H3. The number of aromatic nitrogens is 2. The number of ether oxygens (including phenoxy) is 2. The highest BCUT2D eigenvalue weighted by atomic mass is 19.4. The molecule has 0 saturated carbocycles. The van der Waals surface area contributed by atoms with Gasteiger partial charge in [-0.3, -0.25) is 0 Å². The van der Waals surface area contributed by atoms with Crippen LogP contribution in [0.3, 0.4) is 0 Å². The molecule has 0 saturated heterocycles. The van der Waals surface area contributed by atoms with E-state index in [0.29, 0.717) is 36.8 Å². The summed E-state index contributed by atoms with van der Waals surface area (Å²) in [6.07, 6.45) is 1.12. The summed E-state index contributed by atoms with van der Waals surface area (Å²) >= 11 is 0. The molecule has 0 N–H and O–H groups in total. The Morgan fingerprint density at radius 2 is 1.46 bits per heavy atom. The second-order valence-electron chi connectivity index (χ2n) is 8.23. The van der Waals surface area contributed by atoms with Gasteiger partial charge < -0.3 is 9.47 Å². The molecule has 0 aliphatic rings. The summed E-state index contributed by atoms with van der Waals surface area (Å²) in [5, 5.41) is 1.36. The zero-order valence-electron chi connectivity index (χ0n) is 19.1. The number of alkyl halides is 3. The quantitative estimate of drug-likeness (QED) is 0.259. The van der Waals surface area contributed by atoms with E-state index in [9.17, 15) is 13.2 Å². The highest BCUT2D eigenvalue weighted by Gasteiger charge is 2.30. The molecule has 0 aliphatic heterocycles. The third-order valence-electron chi connectivity index (χ3n) is 5.65. The van der Waals surface area contributed by atoms with E-state index >= 15 is 4.39 Å². The van der Waals surface area contributed by atoms with Crippen LogP contribution in [0.2, 0.25) is 0 Å². The predicted octanol–water partition coefficient (Wildman–Crippen LogP) is 6.38. The summed E-state index contributed by atoms with van der Waals surface area (Å²) in [5.74, 6) is 0.191. The molecule has 0 spiro atoms. The van der Waals surface area contributed by atoms with Crippen molar-refractivity contribution in [2.45, 2.75) is 38.7 Å². The number of aryl methyl sites for hydroxylation is 4. The lowest BCUT2D eigenvalue weighted by molar-refractivity contribution is -0.274. The molecule has 1 heterocycles. The van der Waals surface area contributed by atoms with Crippen molar-refractivity contribution >= 4 is 10.8 Å². The van der Waals surface area contributed by atoms with Crippen LogP contribution in [0.1, 0.15) is 28.1 Å². The van der Waals surface area contributed by atoms with Crippen molar-refractivity contribution < 1.29 is 27.0 Å². The Labute approximate surface area is 200 Å². The third-order valence-corrected chi connectivity index (χ3v) is 5.65. The third kappa shape index (κ3) is 6.76. The van der Waals surface area contributed by atoms with Gasteiger partial charge >= 0.3 is 6.36 Å². The maximum atomic E-state index is 15.1. The zero-order chi connectivity index (χ0) is 24.8. The van der Waals surface area contributed by atoms with Gasteiger partial charge in [0.2, 0.25) is 0 Å². The van der Waals surface area contributed by atoms with Crippen molar-refractivity contribution in [1.29, 1.82) is 0 Å². The summed E-state index contributed by atoms with van der Waals surface area (Å²) in [6.45, 7) is 0.474. The molecule has 0 amide bonds. The number of benzene rings is 3. The predicted molar refractivity (Wildman–Crippen MR) is 125 cm³/mol. The van der Waals surface area contributed by atoms with Crippen LogP contribution >= 0.6 is 0 Å². The average Bonchev–Trinajstić information content (AvgIpc) is 2.83. The summed E-state index contributed by atoms with van der Waals surface area (Å²) < 4.78 is 61.0. The Kier molecular flexibility index (Phi) is 7.60. The van der Waals surface area contributed by atoms with Gasteiger partial charge in [0.1, 0.15) is 17.4 Å². The first-order valence-corrected chi connectivity index (χ1v) is 11.1. The van der Waals surface area contributed by atoms with E-state index in [0.717, 1.165) is 34.3 Å². The van der Waals surface area contributed by atoms with Gasteiger partial charge in [0.25, 0.3) is 0 Å². The normalized spacial score (nSPS) is 11.7. The van der Waals surface area contributed by atoms with E-state index in [1.807, 2.05) is 18.2 Å². The van der Waals surface area contributed by atoms with Crippen molar-refractivity contribution in [3.05, 3.63) is 101 Å². The molecule has 4 aromatic rings. The van der Waals surface area contributed by atoms with Gasteiger partial charge in [0.05, 0.1) is 6.61 Å². The Morgan fingerprint density at radius 1 is 0.771 bits per heavy atom. The highest BCUT2D eigenvalue weighted by molar-refractivity contribution is 5.84. The Balaban J connectivity index is 1.38. The lowest BCUT2D eigenvalue weighted by Crippen LogP contribution is -2.17. The Morgan fingerprint density at radius 3 is 2.14 bits per heavy atom. The van der Waals surface area contributed by atoms with Gasteiger partial charge in [-0.15, -0.1) is 13.2 Å². The molecule has 0 bridgehead atoms. The fourth-order valence-corrected chi connectivity index (χ4v) is 3.88. The van der Waals surface area contributed by atoms with E-state index in [2.05, 4.69) is 14.7 Å². The highest BCUT2D eigenvalue weighted by Crippen LogP contribution is 2.26.